The third kappa shape index (κ3) is 3.77. The lowest BCUT2D eigenvalue weighted by Crippen LogP contribution is -2.58. The minimum absolute atomic E-state index is 0.220. The third-order valence-electron chi connectivity index (χ3n) is 5.42. The fourth-order valence-electron chi connectivity index (χ4n) is 4.13. The van der Waals surface area contributed by atoms with Gasteiger partial charge in [0.05, 0.1) is 11.8 Å². The van der Waals surface area contributed by atoms with Crippen molar-refractivity contribution in [3.05, 3.63) is 59.7 Å². The lowest BCUT2D eigenvalue weighted by atomic mass is 9.70. The number of ether oxygens (including phenoxy) is 1. The van der Waals surface area contributed by atoms with Gasteiger partial charge in [-0.15, -0.1) is 0 Å². The number of piperidine rings is 1. The van der Waals surface area contributed by atoms with E-state index >= 15 is 0 Å². The van der Waals surface area contributed by atoms with Crippen LogP contribution in [0.25, 0.3) is 0 Å². The summed E-state index contributed by atoms with van der Waals surface area (Å²) in [5, 5.41) is 3.25. The highest BCUT2D eigenvalue weighted by Crippen LogP contribution is 2.44. The lowest BCUT2D eigenvalue weighted by molar-refractivity contribution is -0.0138. The summed E-state index contributed by atoms with van der Waals surface area (Å²) in [5.41, 5.74) is 0.0299. The Bertz CT molecular complexity index is 1060. The average molecular weight is 414 g/mol. The van der Waals surface area contributed by atoms with Gasteiger partial charge in [0.1, 0.15) is 17.3 Å². The molecule has 2 aliphatic heterocycles. The standard InChI is InChI=1S/C21H22N2O5S/c1-29(26,27)23-15-7-8-17-16(13-15)20(25)18(19(24)14-5-3-2-4-6-14)21(28-17)9-11-22-12-10-21/h2-8,13,18,22-23H,9-12H2,1H3/t18-/m1/s1. The molecule has 0 radical (unpaired) electrons. The van der Waals surface area contributed by atoms with Crippen LogP contribution >= 0.6 is 0 Å². The predicted molar refractivity (Wildman–Crippen MR) is 109 cm³/mol. The molecule has 0 aromatic heterocycles. The van der Waals surface area contributed by atoms with E-state index in [1.165, 1.54) is 6.07 Å². The van der Waals surface area contributed by atoms with E-state index in [1.54, 1.807) is 36.4 Å². The van der Waals surface area contributed by atoms with Crippen molar-refractivity contribution in [2.75, 3.05) is 24.1 Å². The van der Waals surface area contributed by atoms with Crippen molar-refractivity contribution in [1.29, 1.82) is 0 Å². The maximum atomic E-state index is 13.5. The van der Waals surface area contributed by atoms with Crippen molar-refractivity contribution < 1.29 is 22.7 Å². The number of anilines is 1. The number of nitrogens with one attached hydrogen (secondary N) is 2. The van der Waals surface area contributed by atoms with Crippen LogP contribution in [0.4, 0.5) is 5.69 Å². The number of benzene rings is 2. The molecule has 8 heteroatoms. The molecule has 0 bridgehead atoms. The Labute approximate surface area is 169 Å². The number of hydrogen-bond acceptors (Lipinski definition) is 6. The van der Waals surface area contributed by atoms with E-state index in [9.17, 15) is 18.0 Å². The van der Waals surface area contributed by atoms with E-state index in [2.05, 4.69) is 10.0 Å². The molecular formula is C21H22N2O5S. The summed E-state index contributed by atoms with van der Waals surface area (Å²) in [6.07, 6.45) is 2.10. The molecule has 1 atom stereocenters. The van der Waals surface area contributed by atoms with Crippen LogP contribution in [0.3, 0.4) is 0 Å². The van der Waals surface area contributed by atoms with Crippen LogP contribution in [0.5, 0.6) is 5.75 Å². The number of sulfonamides is 1. The monoisotopic (exact) mass is 414 g/mol. The van der Waals surface area contributed by atoms with Gasteiger partial charge in [0.25, 0.3) is 0 Å². The molecule has 2 heterocycles. The molecular weight excluding hydrogens is 392 g/mol. The lowest BCUT2D eigenvalue weighted by Gasteiger charge is -2.45. The molecule has 0 saturated carbocycles. The maximum absolute atomic E-state index is 13.5. The quantitative estimate of drug-likeness (QED) is 0.588. The van der Waals surface area contributed by atoms with Gasteiger partial charge in [-0.1, -0.05) is 30.3 Å². The molecule has 0 aliphatic carbocycles. The van der Waals surface area contributed by atoms with Crippen LogP contribution in [0.1, 0.15) is 33.6 Å². The second-order valence-electron chi connectivity index (χ2n) is 7.53. The summed E-state index contributed by atoms with van der Waals surface area (Å²) in [7, 11) is -3.50. The summed E-state index contributed by atoms with van der Waals surface area (Å²) >= 11 is 0. The number of ketones is 2. The molecule has 2 N–H and O–H groups in total. The number of Topliss-reactive ketones (excluding diaryl/α,β-unsaturated/α-hetero) is 2. The number of carbonyl (C=O) groups is 2. The molecule has 4 rings (SSSR count). The molecule has 0 amide bonds. The zero-order valence-electron chi connectivity index (χ0n) is 16.0. The van der Waals surface area contributed by atoms with E-state index in [1.807, 2.05) is 6.07 Å². The highest BCUT2D eigenvalue weighted by molar-refractivity contribution is 7.92. The van der Waals surface area contributed by atoms with E-state index in [-0.39, 0.29) is 22.8 Å². The molecule has 0 unspecified atom stereocenters. The average Bonchev–Trinajstić information content (AvgIpc) is 2.69. The zero-order chi connectivity index (χ0) is 20.6. The van der Waals surface area contributed by atoms with Crippen LogP contribution in [-0.4, -0.2) is 44.9 Å². The molecule has 2 aliphatic rings. The van der Waals surface area contributed by atoms with Gasteiger partial charge in [0.2, 0.25) is 10.0 Å². The first-order valence-electron chi connectivity index (χ1n) is 9.44. The summed E-state index contributed by atoms with van der Waals surface area (Å²) in [6.45, 7) is 1.30. The van der Waals surface area contributed by atoms with Gasteiger partial charge >= 0.3 is 0 Å². The topological polar surface area (TPSA) is 102 Å². The molecule has 152 valence electrons. The van der Waals surface area contributed by atoms with Crippen molar-refractivity contribution >= 4 is 27.3 Å². The Balaban J connectivity index is 1.79. The maximum Gasteiger partial charge on any atom is 0.229 e. The van der Waals surface area contributed by atoms with Crippen LogP contribution < -0.4 is 14.8 Å². The molecule has 1 spiro atoms. The van der Waals surface area contributed by atoms with Crippen LogP contribution in [0.15, 0.2) is 48.5 Å². The minimum atomic E-state index is -3.50. The van der Waals surface area contributed by atoms with Crippen molar-refractivity contribution in [3.8, 4) is 5.75 Å². The third-order valence-corrected chi connectivity index (χ3v) is 6.03. The van der Waals surface area contributed by atoms with Crippen molar-refractivity contribution in [2.24, 2.45) is 5.92 Å². The van der Waals surface area contributed by atoms with Gasteiger partial charge in [-0.2, -0.15) is 0 Å². The van der Waals surface area contributed by atoms with E-state index in [0.29, 0.717) is 37.2 Å². The Hall–Kier alpha value is -2.71. The smallest absolute Gasteiger partial charge is 0.229 e. The highest BCUT2D eigenvalue weighted by atomic mass is 32.2. The van der Waals surface area contributed by atoms with Crippen molar-refractivity contribution in [2.45, 2.75) is 18.4 Å². The van der Waals surface area contributed by atoms with Gasteiger partial charge in [0.15, 0.2) is 11.6 Å². The molecule has 29 heavy (non-hydrogen) atoms. The van der Waals surface area contributed by atoms with E-state index < -0.39 is 21.5 Å². The molecule has 2 aromatic carbocycles. The summed E-state index contributed by atoms with van der Waals surface area (Å²) in [6, 6.07) is 13.3. The van der Waals surface area contributed by atoms with Gasteiger partial charge in [-0.3, -0.25) is 14.3 Å². The first kappa shape index (κ1) is 19.6. The SMILES string of the molecule is CS(=O)(=O)Nc1ccc2c(c1)C(=O)[C@@H](C(=O)c1ccccc1)C1(CCNCC1)O2. The van der Waals surface area contributed by atoms with Crippen LogP contribution in [0.2, 0.25) is 0 Å². The van der Waals surface area contributed by atoms with Gasteiger partial charge in [-0.05, 0) is 31.3 Å². The molecule has 2 aromatic rings. The van der Waals surface area contributed by atoms with Gasteiger partial charge in [-0.25, -0.2) is 8.42 Å². The summed E-state index contributed by atoms with van der Waals surface area (Å²) in [5.74, 6) is -1.20. The van der Waals surface area contributed by atoms with Crippen LogP contribution in [-0.2, 0) is 10.0 Å². The Morgan fingerprint density at radius 3 is 2.48 bits per heavy atom. The van der Waals surface area contributed by atoms with Gasteiger partial charge < -0.3 is 10.1 Å². The van der Waals surface area contributed by atoms with E-state index in [0.717, 1.165) is 6.26 Å². The molecule has 1 fully saturated rings. The Kier molecular flexibility index (Phi) is 4.92. The molecule has 1 saturated heterocycles. The van der Waals surface area contributed by atoms with Crippen molar-refractivity contribution in [3.63, 3.8) is 0 Å². The number of carbonyl (C=O) groups excluding carboxylic acids is 2. The number of fused-ring (bicyclic) bond motifs is 1. The Morgan fingerprint density at radius 2 is 1.83 bits per heavy atom. The van der Waals surface area contributed by atoms with Crippen LogP contribution in [0, 0.1) is 5.92 Å². The number of rotatable bonds is 4. The fourth-order valence-corrected chi connectivity index (χ4v) is 4.68. The molecule has 7 nitrogen and oxygen atoms in total. The second kappa shape index (κ2) is 7.27. The second-order valence-corrected chi connectivity index (χ2v) is 9.28. The summed E-state index contributed by atoms with van der Waals surface area (Å²) < 4.78 is 31.8. The number of hydrogen-bond donors (Lipinski definition) is 2. The summed E-state index contributed by atoms with van der Waals surface area (Å²) in [4.78, 5) is 26.9. The normalized spacial score (nSPS) is 20.6. The zero-order valence-corrected chi connectivity index (χ0v) is 16.8. The minimum Gasteiger partial charge on any atom is -0.485 e. The Morgan fingerprint density at radius 1 is 1.14 bits per heavy atom. The first-order chi connectivity index (χ1) is 13.8. The van der Waals surface area contributed by atoms with Gasteiger partial charge in [0, 0.05) is 24.1 Å². The largest absolute Gasteiger partial charge is 0.485 e. The fraction of sp³-hybridized carbons (Fsp3) is 0.333. The van der Waals surface area contributed by atoms with E-state index in [4.69, 9.17) is 4.74 Å². The first-order valence-corrected chi connectivity index (χ1v) is 11.3. The highest BCUT2D eigenvalue weighted by Gasteiger charge is 2.53. The van der Waals surface area contributed by atoms with Crippen molar-refractivity contribution in [1.82, 2.24) is 5.32 Å². The predicted octanol–water partition coefficient (Wildman–Crippen LogP) is 2.25.